The van der Waals surface area contributed by atoms with E-state index < -0.39 is 18.3 Å². The number of alkyl halides is 2. The summed E-state index contributed by atoms with van der Waals surface area (Å²) >= 11 is 0. The maximum Gasteiger partial charge on any atom is 0.303 e. The molecule has 1 aliphatic rings. The molecule has 15 heavy (non-hydrogen) atoms. The molecule has 88 valence electrons. The number of likely N-dealkylation sites (tertiary alicyclic amines) is 1. The predicted molar refractivity (Wildman–Crippen MR) is 52.3 cm³/mol. The van der Waals surface area contributed by atoms with Gasteiger partial charge in [0.15, 0.2) is 0 Å². The third-order valence-corrected chi connectivity index (χ3v) is 2.54. The molecule has 1 aliphatic heterocycles. The van der Waals surface area contributed by atoms with Crippen molar-refractivity contribution < 1.29 is 18.7 Å². The largest absolute Gasteiger partial charge is 0.481 e. The van der Waals surface area contributed by atoms with E-state index in [-0.39, 0.29) is 25.9 Å². The number of nitrogens with zero attached hydrogens (tertiary/aromatic N) is 1. The van der Waals surface area contributed by atoms with Gasteiger partial charge in [0.2, 0.25) is 0 Å². The first-order chi connectivity index (χ1) is 7.08. The van der Waals surface area contributed by atoms with Crippen molar-refractivity contribution in [2.45, 2.75) is 38.0 Å². The zero-order valence-corrected chi connectivity index (χ0v) is 8.66. The van der Waals surface area contributed by atoms with Crippen molar-refractivity contribution in [3.8, 4) is 0 Å². The van der Waals surface area contributed by atoms with Crippen molar-refractivity contribution in [1.29, 1.82) is 0 Å². The molecule has 0 bridgehead atoms. The Morgan fingerprint density at radius 3 is 2.40 bits per heavy atom. The molecule has 1 N–H and O–H groups in total. The molecule has 0 aromatic carbocycles. The minimum absolute atomic E-state index is 0.00558. The summed E-state index contributed by atoms with van der Waals surface area (Å²) in [7, 11) is 0. The lowest BCUT2D eigenvalue weighted by Crippen LogP contribution is -2.42. The molecule has 0 aliphatic carbocycles. The van der Waals surface area contributed by atoms with Gasteiger partial charge in [0.25, 0.3) is 0 Å². The Bertz CT molecular complexity index is 204. The number of unbranched alkanes of at least 4 members (excludes halogenated alkanes) is 1. The Hall–Kier alpha value is -0.710. The lowest BCUT2D eigenvalue weighted by Gasteiger charge is -2.30. The molecular weight excluding hydrogens is 204 g/mol. The van der Waals surface area contributed by atoms with E-state index in [1.807, 2.05) is 0 Å². The highest BCUT2D eigenvalue weighted by Gasteiger charge is 2.26. The van der Waals surface area contributed by atoms with Gasteiger partial charge in [-0.1, -0.05) is 0 Å². The Morgan fingerprint density at radius 2 is 1.87 bits per heavy atom. The van der Waals surface area contributed by atoms with Gasteiger partial charge >= 0.3 is 5.97 Å². The summed E-state index contributed by atoms with van der Waals surface area (Å²) < 4.78 is 25.9. The van der Waals surface area contributed by atoms with Crippen LogP contribution in [-0.2, 0) is 4.79 Å². The van der Waals surface area contributed by atoms with Crippen LogP contribution in [0.1, 0.15) is 25.7 Å². The molecule has 2 unspecified atom stereocenters. The van der Waals surface area contributed by atoms with Crippen molar-refractivity contribution >= 4 is 5.97 Å². The SMILES string of the molecule is O=C(O)CCCCN1CC(F)CC(F)C1. The van der Waals surface area contributed by atoms with Gasteiger partial charge < -0.3 is 5.11 Å². The van der Waals surface area contributed by atoms with E-state index in [4.69, 9.17) is 5.11 Å². The van der Waals surface area contributed by atoms with Crippen LogP contribution < -0.4 is 0 Å². The molecule has 0 spiro atoms. The Labute approximate surface area is 88.1 Å². The van der Waals surface area contributed by atoms with E-state index in [2.05, 4.69) is 0 Å². The van der Waals surface area contributed by atoms with Crippen LogP contribution in [0.25, 0.3) is 0 Å². The number of carboxylic acid groups (broad SMARTS) is 1. The molecule has 1 heterocycles. The highest BCUT2D eigenvalue weighted by Crippen LogP contribution is 2.16. The number of piperidine rings is 1. The van der Waals surface area contributed by atoms with Gasteiger partial charge in [0, 0.05) is 25.9 Å². The standard InChI is InChI=1S/C10H17F2NO2/c11-8-5-9(12)7-13(6-8)4-2-1-3-10(14)15/h8-9H,1-7H2,(H,14,15). The van der Waals surface area contributed by atoms with E-state index in [1.54, 1.807) is 4.90 Å². The second-order valence-electron chi connectivity index (χ2n) is 4.04. The van der Waals surface area contributed by atoms with Crippen LogP contribution in [0.4, 0.5) is 8.78 Å². The average Bonchev–Trinajstić information content (AvgIpc) is 2.10. The summed E-state index contributed by atoms with van der Waals surface area (Å²) in [5.74, 6) is -0.819. The van der Waals surface area contributed by atoms with Gasteiger partial charge in [-0.15, -0.1) is 0 Å². The molecule has 0 radical (unpaired) electrons. The number of carbonyl (C=O) groups is 1. The quantitative estimate of drug-likeness (QED) is 0.717. The molecule has 5 heteroatoms. The van der Waals surface area contributed by atoms with Crippen molar-refractivity contribution in [2.24, 2.45) is 0 Å². The number of carboxylic acids is 1. The first-order valence-electron chi connectivity index (χ1n) is 5.30. The first kappa shape index (κ1) is 12.4. The normalized spacial score (nSPS) is 27.9. The number of hydrogen-bond donors (Lipinski definition) is 1. The molecule has 3 nitrogen and oxygen atoms in total. The maximum absolute atomic E-state index is 12.9. The summed E-state index contributed by atoms with van der Waals surface area (Å²) in [5, 5.41) is 8.40. The molecule has 1 saturated heterocycles. The molecule has 0 saturated carbocycles. The summed E-state index contributed by atoms with van der Waals surface area (Å²) in [6, 6.07) is 0. The first-order valence-corrected chi connectivity index (χ1v) is 5.30. The van der Waals surface area contributed by atoms with Crippen LogP contribution in [0.3, 0.4) is 0 Å². The minimum atomic E-state index is -1.08. The van der Waals surface area contributed by atoms with Crippen molar-refractivity contribution in [3.63, 3.8) is 0 Å². The van der Waals surface area contributed by atoms with E-state index >= 15 is 0 Å². The fraction of sp³-hybridized carbons (Fsp3) is 0.900. The molecule has 2 atom stereocenters. The molecule has 1 fully saturated rings. The minimum Gasteiger partial charge on any atom is -0.481 e. The number of hydrogen-bond acceptors (Lipinski definition) is 2. The topological polar surface area (TPSA) is 40.5 Å². The van der Waals surface area contributed by atoms with E-state index in [9.17, 15) is 13.6 Å². The fourth-order valence-electron chi connectivity index (χ4n) is 1.86. The van der Waals surface area contributed by atoms with Crippen molar-refractivity contribution in [1.82, 2.24) is 4.90 Å². The zero-order chi connectivity index (χ0) is 11.3. The highest BCUT2D eigenvalue weighted by atomic mass is 19.1. The predicted octanol–water partition coefficient (Wildman–Crippen LogP) is 1.62. The Kier molecular flexibility index (Phi) is 4.94. The van der Waals surface area contributed by atoms with Gasteiger partial charge in [0.05, 0.1) is 0 Å². The Morgan fingerprint density at radius 1 is 1.27 bits per heavy atom. The second-order valence-corrected chi connectivity index (χ2v) is 4.04. The monoisotopic (exact) mass is 221 g/mol. The van der Waals surface area contributed by atoms with E-state index in [1.165, 1.54) is 0 Å². The summed E-state index contributed by atoms with van der Waals surface area (Å²) in [6.07, 6.45) is -0.760. The molecular formula is C10H17F2NO2. The smallest absolute Gasteiger partial charge is 0.303 e. The highest BCUT2D eigenvalue weighted by molar-refractivity contribution is 5.66. The van der Waals surface area contributed by atoms with Gasteiger partial charge in [-0.2, -0.15) is 0 Å². The zero-order valence-electron chi connectivity index (χ0n) is 8.66. The van der Waals surface area contributed by atoms with Gasteiger partial charge in [-0.05, 0) is 19.4 Å². The number of rotatable bonds is 5. The van der Waals surface area contributed by atoms with Crippen LogP contribution in [0, 0.1) is 0 Å². The van der Waals surface area contributed by atoms with Crippen LogP contribution in [0.15, 0.2) is 0 Å². The summed E-state index contributed by atoms with van der Waals surface area (Å²) in [4.78, 5) is 12.0. The summed E-state index contributed by atoms with van der Waals surface area (Å²) in [5.41, 5.74) is 0. The summed E-state index contributed by atoms with van der Waals surface area (Å²) in [6.45, 7) is 1.16. The fourth-order valence-corrected chi connectivity index (χ4v) is 1.86. The van der Waals surface area contributed by atoms with Crippen molar-refractivity contribution in [3.05, 3.63) is 0 Å². The van der Waals surface area contributed by atoms with Crippen LogP contribution in [-0.4, -0.2) is 48.0 Å². The van der Waals surface area contributed by atoms with Gasteiger partial charge in [-0.3, -0.25) is 9.69 Å². The molecule has 0 aromatic rings. The third kappa shape index (κ3) is 5.06. The van der Waals surface area contributed by atoms with Crippen LogP contribution in [0.5, 0.6) is 0 Å². The Balaban J connectivity index is 2.12. The van der Waals surface area contributed by atoms with E-state index in [0.29, 0.717) is 19.4 Å². The lowest BCUT2D eigenvalue weighted by molar-refractivity contribution is -0.137. The van der Waals surface area contributed by atoms with Crippen LogP contribution in [0.2, 0.25) is 0 Å². The molecule has 1 rings (SSSR count). The average molecular weight is 221 g/mol. The third-order valence-electron chi connectivity index (χ3n) is 2.54. The van der Waals surface area contributed by atoms with E-state index in [0.717, 1.165) is 0 Å². The van der Waals surface area contributed by atoms with Gasteiger partial charge in [0.1, 0.15) is 12.3 Å². The second kappa shape index (κ2) is 6.00. The molecule has 0 amide bonds. The maximum atomic E-state index is 12.9. The lowest BCUT2D eigenvalue weighted by atomic mass is 10.1. The number of halogens is 2. The molecule has 0 aromatic heterocycles. The number of aliphatic carboxylic acids is 1. The van der Waals surface area contributed by atoms with Gasteiger partial charge in [-0.25, -0.2) is 8.78 Å². The van der Waals surface area contributed by atoms with Crippen molar-refractivity contribution in [2.75, 3.05) is 19.6 Å². The van der Waals surface area contributed by atoms with Crippen LogP contribution >= 0.6 is 0 Å².